The molecule has 7 heavy (non-hydrogen) atoms. The fourth-order valence-corrected chi connectivity index (χ4v) is 0. The Balaban J connectivity index is 0. The second-order valence-electron chi connectivity index (χ2n) is 1.07. The highest BCUT2D eigenvalue weighted by molar-refractivity contribution is 4.68. The Bertz CT molecular complexity index is 38.0. The molecule has 0 N–H and O–H groups in total. The fraction of sp³-hybridized carbons (Fsp3) is 0.429. The predicted molar refractivity (Wildman–Crippen MR) is 36.4 cm³/mol. The Kier molecular flexibility index (Phi) is 24.8. The van der Waals surface area contributed by atoms with Crippen LogP contribution >= 0.6 is 0 Å². The molecule has 0 heteroatoms. The molecule has 0 heterocycles. The van der Waals surface area contributed by atoms with E-state index in [2.05, 4.69) is 6.58 Å². The molecule has 0 saturated heterocycles. The summed E-state index contributed by atoms with van der Waals surface area (Å²) in [7, 11) is 0. The summed E-state index contributed by atoms with van der Waals surface area (Å²) >= 11 is 0. The molecule has 0 aliphatic carbocycles. The SMILES string of the molecule is C/C=C\C.C=CC. The van der Waals surface area contributed by atoms with Crippen molar-refractivity contribution < 1.29 is 0 Å². The van der Waals surface area contributed by atoms with Gasteiger partial charge in [0.25, 0.3) is 0 Å². The molecule has 0 fully saturated rings. The first-order chi connectivity index (χ1) is 3.33. The molecule has 0 rings (SSSR count). The second-order valence-corrected chi connectivity index (χ2v) is 1.07. The van der Waals surface area contributed by atoms with Crippen LogP contribution in [0.1, 0.15) is 20.8 Å². The third kappa shape index (κ3) is 288. The van der Waals surface area contributed by atoms with Crippen LogP contribution in [0.3, 0.4) is 0 Å². The molecule has 0 unspecified atom stereocenters. The van der Waals surface area contributed by atoms with Gasteiger partial charge in [-0.25, -0.2) is 0 Å². The zero-order valence-electron chi connectivity index (χ0n) is 5.44. The van der Waals surface area contributed by atoms with E-state index in [0.29, 0.717) is 0 Å². The van der Waals surface area contributed by atoms with E-state index in [-0.39, 0.29) is 0 Å². The summed E-state index contributed by atoms with van der Waals surface area (Å²) in [5.41, 5.74) is 0. The van der Waals surface area contributed by atoms with E-state index in [4.69, 9.17) is 0 Å². The molecular weight excluding hydrogens is 84.1 g/mol. The van der Waals surface area contributed by atoms with Crippen molar-refractivity contribution in [1.82, 2.24) is 0 Å². The van der Waals surface area contributed by atoms with Crippen molar-refractivity contribution in [3.63, 3.8) is 0 Å². The summed E-state index contributed by atoms with van der Waals surface area (Å²) in [6, 6.07) is 0. The summed E-state index contributed by atoms with van der Waals surface area (Å²) in [5.74, 6) is 0. The third-order valence-electron chi connectivity index (χ3n) is 0.333. The van der Waals surface area contributed by atoms with Crippen molar-refractivity contribution in [2.45, 2.75) is 20.8 Å². The summed E-state index contributed by atoms with van der Waals surface area (Å²) in [6.45, 7) is 9.25. The van der Waals surface area contributed by atoms with E-state index in [9.17, 15) is 0 Å². The van der Waals surface area contributed by atoms with Gasteiger partial charge in [-0.15, -0.1) is 6.58 Å². The van der Waals surface area contributed by atoms with Crippen LogP contribution in [0.25, 0.3) is 0 Å². The van der Waals surface area contributed by atoms with Crippen LogP contribution in [0.15, 0.2) is 24.8 Å². The lowest BCUT2D eigenvalue weighted by atomic mass is 10.6. The predicted octanol–water partition coefficient (Wildman–Crippen LogP) is 2.77. The molecule has 0 atom stereocenters. The van der Waals surface area contributed by atoms with E-state index < -0.39 is 0 Å². The minimum Gasteiger partial charge on any atom is -0.103 e. The highest BCUT2D eigenvalue weighted by Gasteiger charge is 1.34. The normalized spacial score (nSPS) is 7.29. The second kappa shape index (κ2) is 17.9. The first-order valence-electron chi connectivity index (χ1n) is 2.47. The quantitative estimate of drug-likeness (QED) is 0.409. The van der Waals surface area contributed by atoms with Crippen LogP contribution in [0.2, 0.25) is 0 Å². The van der Waals surface area contributed by atoms with Gasteiger partial charge in [0, 0.05) is 0 Å². The summed E-state index contributed by atoms with van der Waals surface area (Å²) in [6.07, 6.45) is 5.75. The van der Waals surface area contributed by atoms with Crippen molar-refractivity contribution >= 4 is 0 Å². The minimum absolute atomic E-state index is 1.75. The minimum atomic E-state index is 1.75. The molecule has 0 aliphatic heterocycles. The van der Waals surface area contributed by atoms with Crippen molar-refractivity contribution in [3.05, 3.63) is 24.8 Å². The van der Waals surface area contributed by atoms with Gasteiger partial charge in [0.15, 0.2) is 0 Å². The Morgan fingerprint density at radius 3 is 1.14 bits per heavy atom. The first-order valence-corrected chi connectivity index (χ1v) is 2.47. The average molecular weight is 98.2 g/mol. The van der Waals surface area contributed by atoms with Gasteiger partial charge in [-0.1, -0.05) is 18.2 Å². The van der Waals surface area contributed by atoms with E-state index >= 15 is 0 Å². The molecule has 0 amide bonds. The topological polar surface area (TPSA) is 0 Å². The Labute approximate surface area is 46.6 Å². The largest absolute Gasteiger partial charge is 0.103 e. The van der Waals surface area contributed by atoms with Crippen LogP contribution < -0.4 is 0 Å². The highest BCUT2D eigenvalue weighted by Crippen LogP contribution is 1.57. The number of hydrogen-bond donors (Lipinski definition) is 0. The molecular formula is C7H14. The van der Waals surface area contributed by atoms with E-state index in [1.54, 1.807) is 6.08 Å². The van der Waals surface area contributed by atoms with E-state index in [1.807, 2.05) is 32.9 Å². The van der Waals surface area contributed by atoms with Crippen LogP contribution in [0.4, 0.5) is 0 Å². The summed E-state index contributed by atoms with van der Waals surface area (Å²) in [5, 5.41) is 0. The highest BCUT2D eigenvalue weighted by atomic mass is 13.4. The summed E-state index contributed by atoms with van der Waals surface area (Å²) < 4.78 is 0. The van der Waals surface area contributed by atoms with Gasteiger partial charge < -0.3 is 0 Å². The molecule has 0 aromatic carbocycles. The number of hydrogen-bond acceptors (Lipinski definition) is 0. The number of allylic oxidation sites excluding steroid dienone is 3. The molecule has 0 bridgehead atoms. The van der Waals surface area contributed by atoms with Gasteiger partial charge in [-0.05, 0) is 20.8 Å². The molecule has 0 saturated carbocycles. The van der Waals surface area contributed by atoms with E-state index in [0.717, 1.165) is 0 Å². The maximum absolute atomic E-state index is 3.36. The molecule has 42 valence electrons. The molecule has 0 aromatic rings. The monoisotopic (exact) mass is 98.1 g/mol. The van der Waals surface area contributed by atoms with E-state index in [1.165, 1.54) is 0 Å². The fourth-order valence-electron chi connectivity index (χ4n) is 0. The molecule has 0 nitrogen and oxygen atoms in total. The lowest BCUT2D eigenvalue weighted by molar-refractivity contribution is 1.64. The Morgan fingerprint density at radius 2 is 1.14 bits per heavy atom. The van der Waals surface area contributed by atoms with Crippen LogP contribution in [-0.2, 0) is 0 Å². The van der Waals surface area contributed by atoms with Crippen LogP contribution in [-0.4, -0.2) is 0 Å². The van der Waals surface area contributed by atoms with Gasteiger partial charge in [-0.2, -0.15) is 0 Å². The zero-order valence-corrected chi connectivity index (χ0v) is 5.44. The van der Waals surface area contributed by atoms with Crippen molar-refractivity contribution in [3.8, 4) is 0 Å². The van der Waals surface area contributed by atoms with Crippen molar-refractivity contribution in [1.29, 1.82) is 0 Å². The number of rotatable bonds is 0. The zero-order chi connectivity index (χ0) is 6.12. The lowest BCUT2D eigenvalue weighted by Crippen LogP contribution is -1.26. The smallest absolute Gasteiger partial charge is 0.0470 e. The average Bonchev–Trinajstić information content (AvgIpc) is 1.69. The van der Waals surface area contributed by atoms with Gasteiger partial charge in [0.1, 0.15) is 0 Å². The summed E-state index contributed by atoms with van der Waals surface area (Å²) in [4.78, 5) is 0. The molecule has 0 radical (unpaired) electrons. The van der Waals surface area contributed by atoms with Crippen molar-refractivity contribution in [2.75, 3.05) is 0 Å². The molecule has 0 aromatic heterocycles. The van der Waals surface area contributed by atoms with Crippen molar-refractivity contribution in [2.24, 2.45) is 0 Å². The maximum Gasteiger partial charge on any atom is -0.0470 e. The van der Waals surface area contributed by atoms with Crippen LogP contribution in [0.5, 0.6) is 0 Å². The Morgan fingerprint density at radius 1 is 1.00 bits per heavy atom. The molecule has 0 spiro atoms. The molecule has 0 aliphatic rings. The van der Waals surface area contributed by atoms with Gasteiger partial charge in [0.05, 0.1) is 0 Å². The van der Waals surface area contributed by atoms with Crippen LogP contribution in [0, 0.1) is 0 Å². The lowest BCUT2D eigenvalue weighted by Gasteiger charge is -1.49. The standard InChI is InChI=1S/C4H8.C3H6/c1-3-4-2;1-3-2/h3-4H,1-2H3;3H,1H2,2H3/b4-3-;. The van der Waals surface area contributed by atoms with Gasteiger partial charge in [-0.3, -0.25) is 0 Å². The third-order valence-corrected chi connectivity index (χ3v) is 0.333. The van der Waals surface area contributed by atoms with Gasteiger partial charge >= 0.3 is 0 Å². The van der Waals surface area contributed by atoms with Gasteiger partial charge in [0.2, 0.25) is 0 Å². The Hall–Kier alpha value is -0.520. The first kappa shape index (κ1) is 9.70. The maximum atomic E-state index is 3.36.